The summed E-state index contributed by atoms with van der Waals surface area (Å²) < 4.78 is 5.51. The van der Waals surface area contributed by atoms with Gasteiger partial charge in [-0.05, 0) is 25.0 Å². The van der Waals surface area contributed by atoms with Gasteiger partial charge in [0.1, 0.15) is 5.76 Å². The maximum Gasteiger partial charge on any atom is 0.289 e. The summed E-state index contributed by atoms with van der Waals surface area (Å²) in [6.45, 7) is 2.74. The highest BCUT2D eigenvalue weighted by atomic mass is 16.4. The Morgan fingerprint density at radius 1 is 1.44 bits per heavy atom. The predicted octanol–water partition coefficient (Wildman–Crippen LogP) is 2.22. The molecule has 1 aromatic heterocycles. The third-order valence-electron chi connectivity index (χ3n) is 3.57. The quantitative estimate of drug-likeness (QED) is 0.896. The normalized spacial score (nSPS) is 20.8. The fraction of sp³-hybridized carbons (Fsp3) is 0.643. The van der Waals surface area contributed by atoms with Gasteiger partial charge < -0.3 is 14.4 Å². The molecule has 1 aliphatic rings. The van der Waals surface area contributed by atoms with E-state index in [0.29, 0.717) is 12.3 Å². The number of aliphatic hydroxyl groups is 1. The zero-order valence-corrected chi connectivity index (χ0v) is 10.9. The highest BCUT2D eigenvalue weighted by Crippen LogP contribution is 2.20. The third kappa shape index (κ3) is 2.75. The van der Waals surface area contributed by atoms with Gasteiger partial charge in [-0.25, -0.2) is 0 Å². The van der Waals surface area contributed by atoms with E-state index in [1.807, 2.05) is 13.0 Å². The maximum absolute atomic E-state index is 12.4. The first-order valence-electron chi connectivity index (χ1n) is 6.76. The lowest BCUT2D eigenvalue weighted by atomic mass is 10.1. The highest BCUT2D eigenvalue weighted by molar-refractivity contribution is 5.91. The molecule has 0 aromatic carbocycles. The smallest absolute Gasteiger partial charge is 0.289 e. The van der Waals surface area contributed by atoms with Crippen molar-refractivity contribution in [2.45, 2.75) is 45.1 Å². The summed E-state index contributed by atoms with van der Waals surface area (Å²) in [6, 6.07) is 3.52. The minimum Gasteiger partial charge on any atom is -0.456 e. The van der Waals surface area contributed by atoms with Crippen LogP contribution in [0.3, 0.4) is 0 Å². The fourth-order valence-electron chi connectivity index (χ4n) is 2.46. The number of furan rings is 1. The summed E-state index contributed by atoms with van der Waals surface area (Å²) in [5.41, 5.74) is 0. The average Bonchev–Trinajstić information content (AvgIpc) is 2.75. The van der Waals surface area contributed by atoms with Gasteiger partial charge in [-0.15, -0.1) is 0 Å². The van der Waals surface area contributed by atoms with Crippen molar-refractivity contribution in [3.8, 4) is 0 Å². The third-order valence-corrected chi connectivity index (χ3v) is 3.57. The molecule has 1 aromatic rings. The summed E-state index contributed by atoms with van der Waals surface area (Å²) in [5.74, 6) is 1.14. The van der Waals surface area contributed by atoms with Gasteiger partial charge in [0.05, 0.1) is 12.6 Å². The Morgan fingerprint density at radius 2 is 2.28 bits per heavy atom. The number of aliphatic hydroxyl groups excluding tert-OH is 1. The molecule has 0 aliphatic carbocycles. The molecule has 2 rings (SSSR count). The van der Waals surface area contributed by atoms with Crippen molar-refractivity contribution >= 4 is 5.91 Å². The molecule has 18 heavy (non-hydrogen) atoms. The second kappa shape index (κ2) is 6.05. The van der Waals surface area contributed by atoms with E-state index in [2.05, 4.69) is 0 Å². The van der Waals surface area contributed by atoms with E-state index >= 15 is 0 Å². The van der Waals surface area contributed by atoms with Crippen molar-refractivity contribution in [3.63, 3.8) is 0 Å². The highest BCUT2D eigenvalue weighted by Gasteiger charge is 2.27. The first-order valence-corrected chi connectivity index (χ1v) is 6.76. The molecule has 1 atom stereocenters. The number of aryl methyl sites for hydroxylation is 1. The lowest BCUT2D eigenvalue weighted by molar-refractivity contribution is 0.0567. The van der Waals surface area contributed by atoms with Gasteiger partial charge in [0, 0.05) is 13.0 Å². The zero-order chi connectivity index (χ0) is 13.0. The molecule has 1 saturated heterocycles. The number of hydrogen-bond donors (Lipinski definition) is 1. The fourth-order valence-corrected chi connectivity index (χ4v) is 2.46. The van der Waals surface area contributed by atoms with E-state index in [1.165, 1.54) is 0 Å². The van der Waals surface area contributed by atoms with Gasteiger partial charge >= 0.3 is 0 Å². The Bertz CT molecular complexity index is 399. The molecule has 100 valence electrons. The van der Waals surface area contributed by atoms with Crippen LogP contribution in [0.4, 0.5) is 0 Å². The van der Waals surface area contributed by atoms with Crippen LogP contribution in [0.25, 0.3) is 0 Å². The molecule has 0 spiro atoms. The zero-order valence-electron chi connectivity index (χ0n) is 10.9. The van der Waals surface area contributed by atoms with Gasteiger partial charge in [0.15, 0.2) is 5.76 Å². The molecule has 1 amide bonds. The maximum atomic E-state index is 12.4. The Morgan fingerprint density at radius 3 is 2.94 bits per heavy atom. The molecule has 1 N–H and O–H groups in total. The predicted molar refractivity (Wildman–Crippen MR) is 68.5 cm³/mol. The average molecular weight is 251 g/mol. The van der Waals surface area contributed by atoms with Crippen LogP contribution in [0, 0.1) is 0 Å². The number of hydrogen-bond acceptors (Lipinski definition) is 3. The lowest BCUT2D eigenvalue weighted by Crippen LogP contribution is -2.41. The Hall–Kier alpha value is -1.29. The molecule has 1 fully saturated rings. The number of carbonyl (C=O) groups is 1. The molecule has 1 unspecified atom stereocenters. The van der Waals surface area contributed by atoms with Crippen LogP contribution in [0.5, 0.6) is 0 Å². The second-order valence-corrected chi connectivity index (χ2v) is 4.80. The van der Waals surface area contributed by atoms with Gasteiger partial charge in [-0.2, -0.15) is 0 Å². The molecule has 1 aliphatic heterocycles. The molecule has 4 heteroatoms. The first-order chi connectivity index (χ1) is 8.76. The van der Waals surface area contributed by atoms with E-state index in [-0.39, 0.29) is 18.6 Å². The van der Waals surface area contributed by atoms with Gasteiger partial charge in [0.2, 0.25) is 0 Å². The van der Waals surface area contributed by atoms with Crippen molar-refractivity contribution < 1.29 is 14.3 Å². The van der Waals surface area contributed by atoms with Crippen molar-refractivity contribution in [2.75, 3.05) is 13.2 Å². The summed E-state index contributed by atoms with van der Waals surface area (Å²) in [5, 5.41) is 9.41. The molecule has 4 nitrogen and oxygen atoms in total. The largest absolute Gasteiger partial charge is 0.456 e. The van der Waals surface area contributed by atoms with E-state index in [0.717, 1.165) is 37.9 Å². The van der Waals surface area contributed by atoms with E-state index < -0.39 is 0 Å². The Labute approximate surface area is 108 Å². The van der Waals surface area contributed by atoms with Crippen molar-refractivity contribution in [1.82, 2.24) is 4.90 Å². The van der Waals surface area contributed by atoms with Crippen LogP contribution in [0.15, 0.2) is 16.5 Å². The second-order valence-electron chi connectivity index (χ2n) is 4.80. The van der Waals surface area contributed by atoms with Gasteiger partial charge in [0.25, 0.3) is 5.91 Å². The van der Waals surface area contributed by atoms with Crippen LogP contribution in [-0.2, 0) is 6.42 Å². The number of likely N-dealkylation sites (tertiary alicyclic amines) is 1. The minimum atomic E-state index is -0.0874. The summed E-state index contributed by atoms with van der Waals surface area (Å²) in [6.07, 6.45) is 4.87. The van der Waals surface area contributed by atoms with E-state index in [4.69, 9.17) is 4.42 Å². The Kier molecular flexibility index (Phi) is 4.42. The van der Waals surface area contributed by atoms with Gasteiger partial charge in [-0.3, -0.25) is 4.79 Å². The molecule has 0 saturated carbocycles. The van der Waals surface area contributed by atoms with Crippen molar-refractivity contribution in [2.24, 2.45) is 0 Å². The number of rotatable bonds is 3. The van der Waals surface area contributed by atoms with Crippen LogP contribution in [0.1, 0.15) is 48.9 Å². The summed E-state index contributed by atoms with van der Waals surface area (Å²) in [4.78, 5) is 14.1. The van der Waals surface area contributed by atoms with Gasteiger partial charge in [-0.1, -0.05) is 19.8 Å². The van der Waals surface area contributed by atoms with E-state index in [1.54, 1.807) is 11.0 Å². The Balaban J connectivity index is 2.14. The standard InChI is InChI=1S/C14H21NO3/c1-2-12-7-8-13(18-12)14(17)15-9-5-3-4-6-11(15)10-16/h7-8,11,16H,2-6,9-10H2,1H3. The SMILES string of the molecule is CCc1ccc(C(=O)N2CCCCCC2CO)o1. The van der Waals surface area contributed by atoms with Crippen LogP contribution in [-0.4, -0.2) is 35.1 Å². The number of nitrogens with zero attached hydrogens (tertiary/aromatic N) is 1. The van der Waals surface area contributed by atoms with Crippen LogP contribution >= 0.6 is 0 Å². The number of carbonyl (C=O) groups excluding carboxylic acids is 1. The number of amides is 1. The summed E-state index contributed by atoms with van der Waals surface area (Å²) in [7, 11) is 0. The van der Waals surface area contributed by atoms with Crippen LogP contribution < -0.4 is 0 Å². The first kappa shape index (κ1) is 13.1. The summed E-state index contributed by atoms with van der Waals surface area (Å²) >= 11 is 0. The van der Waals surface area contributed by atoms with E-state index in [9.17, 15) is 9.90 Å². The minimum absolute atomic E-state index is 0.0348. The monoisotopic (exact) mass is 251 g/mol. The van der Waals surface area contributed by atoms with Crippen LogP contribution in [0.2, 0.25) is 0 Å². The van der Waals surface area contributed by atoms with Crippen molar-refractivity contribution in [3.05, 3.63) is 23.7 Å². The molecular weight excluding hydrogens is 230 g/mol. The molecule has 0 radical (unpaired) electrons. The molecular formula is C14H21NO3. The topological polar surface area (TPSA) is 53.7 Å². The lowest BCUT2D eigenvalue weighted by Gasteiger charge is -2.27. The molecule has 0 bridgehead atoms. The molecule has 2 heterocycles. The van der Waals surface area contributed by atoms with Crippen molar-refractivity contribution in [1.29, 1.82) is 0 Å².